The van der Waals surface area contributed by atoms with Crippen molar-refractivity contribution in [1.29, 1.82) is 0 Å². The second kappa shape index (κ2) is 8.56. The molecule has 2 aromatic carbocycles. The molecule has 0 unspecified atom stereocenters. The summed E-state index contributed by atoms with van der Waals surface area (Å²) in [6.45, 7) is 6.83. The first kappa shape index (κ1) is 17.3. The van der Waals surface area contributed by atoms with E-state index in [2.05, 4.69) is 47.2 Å². The van der Waals surface area contributed by atoms with Crippen molar-refractivity contribution in [2.75, 3.05) is 6.54 Å². The molecule has 0 aliphatic carbocycles. The van der Waals surface area contributed by atoms with E-state index in [4.69, 9.17) is 16.3 Å². The third-order valence-electron chi connectivity index (χ3n) is 3.19. The zero-order valence-corrected chi connectivity index (χ0v) is 15.2. The Kier molecular flexibility index (Phi) is 6.74. The van der Waals surface area contributed by atoms with Crippen LogP contribution in [0.4, 0.5) is 0 Å². The van der Waals surface area contributed by atoms with Crippen molar-refractivity contribution < 1.29 is 4.74 Å². The summed E-state index contributed by atoms with van der Waals surface area (Å²) in [6.07, 6.45) is 0. The predicted molar refractivity (Wildman–Crippen MR) is 96.5 cm³/mol. The second-order valence-electron chi connectivity index (χ2n) is 5.70. The van der Waals surface area contributed by atoms with Gasteiger partial charge in [-0.1, -0.05) is 43.6 Å². The van der Waals surface area contributed by atoms with Crippen molar-refractivity contribution in [1.82, 2.24) is 5.32 Å². The highest BCUT2D eigenvalue weighted by molar-refractivity contribution is 9.10. The molecule has 0 aliphatic heterocycles. The fourth-order valence-corrected chi connectivity index (χ4v) is 2.68. The molecule has 0 saturated carbocycles. The SMILES string of the molecule is CC(C)CNCc1ccc(OCc2ccc(Cl)cc2)c(Br)c1. The molecule has 0 aliphatic rings. The van der Waals surface area contributed by atoms with E-state index in [1.54, 1.807) is 0 Å². The van der Waals surface area contributed by atoms with Crippen molar-refractivity contribution >= 4 is 27.5 Å². The lowest BCUT2D eigenvalue weighted by atomic mass is 10.2. The minimum Gasteiger partial charge on any atom is -0.488 e. The van der Waals surface area contributed by atoms with E-state index in [1.807, 2.05) is 30.3 Å². The molecule has 1 N–H and O–H groups in total. The maximum absolute atomic E-state index is 5.88. The van der Waals surface area contributed by atoms with Gasteiger partial charge in [0.1, 0.15) is 12.4 Å². The third-order valence-corrected chi connectivity index (χ3v) is 4.06. The fraction of sp³-hybridized carbons (Fsp3) is 0.333. The molecule has 4 heteroatoms. The van der Waals surface area contributed by atoms with E-state index < -0.39 is 0 Å². The second-order valence-corrected chi connectivity index (χ2v) is 7.00. The van der Waals surface area contributed by atoms with Crippen LogP contribution in [0.2, 0.25) is 5.02 Å². The zero-order chi connectivity index (χ0) is 15.9. The molecule has 2 rings (SSSR count). The van der Waals surface area contributed by atoms with Gasteiger partial charge >= 0.3 is 0 Å². The van der Waals surface area contributed by atoms with E-state index in [9.17, 15) is 0 Å². The summed E-state index contributed by atoms with van der Waals surface area (Å²) in [5, 5.41) is 4.18. The van der Waals surface area contributed by atoms with E-state index >= 15 is 0 Å². The van der Waals surface area contributed by atoms with Gasteiger partial charge in [0, 0.05) is 11.6 Å². The Morgan fingerprint density at radius 3 is 2.41 bits per heavy atom. The first-order valence-electron chi connectivity index (χ1n) is 7.41. The van der Waals surface area contributed by atoms with Crippen LogP contribution in [0.3, 0.4) is 0 Å². The molecule has 22 heavy (non-hydrogen) atoms. The zero-order valence-electron chi connectivity index (χ0n) is 12.9. The van der Waals surface area contributed by atoms with Crippen LogP contribution < -0.4 is 10.1 Å². The molecule has 0 spiro atoms. The number of nitrogens with one attached hydrogen (secondary N) is 1. The summed E-state index contributed by atoms with van der Waals surface area (Å²) in [6, 6.07) is 13.9. The topological polar surface area (TPSA) is 21.3 Å². The molecule has 0 aromatic heterocycles. The van der Waals surface area contributed by atoms with Crippen LogP contribution in [-0.2, 0) is 13.2 Å². The molecule has 2 aromatic rings. The van der Waals surface area contributed by atoms with Crippen LogP contribution in [-0.4, -0.2) is 6.54 Å². The van der Waals surface area contributed by atoms with Crippen molar-refractivity contribution in [3.63, 3.8) is 0 Å². The van der Waals surface area contributed by atoms with E-state index in [0.29, 0.717) is 12.5 Å². The Morgan fingerprint density at radius 1 is 1.09 bits per heavy atom. The van der Waals surface area contributed by atoms with Gasteiger partial charge in [0.25, 0.3) is 0 Å². The van der Waals surface area contributed by atoms with E-state index in [1.165, 1.54) is 5.56 Å². The summed E-state index contributed by atoms with van der Waals surface area (Å²) in [5.74, 6) is 1.51. The average molecular weight is 383 g/mol. The normalized spacial score (nSPS) is 11.0. The van der Waals surface area contributed by atoms with Gasteiger partial charge in [-0.05, 0) is 63.8 Å². The highest BCUT2D eigenvalue weighted by Gasteiger charge is 2.04. The number of rotatable bonds is 7. The lowest BCUT2D eigenvalue weighted by molar-refractivity contribution is 0.304. The summed E-state index contributed by atoms with van der Waals surface area (Å²) >= 11 is 9.46. The van der Waals surface area contributed by atoms with Crippen LogP contribution in [0.1, 0.15) is 25.0 Å². The maximum Gasteiger partial charge on any atom is 0.134 e. The van der Waals surface area contributed by atoms with Crippen molar-refractivity contribution in [3.8, 4) is 5.75 Å². The van der Waals surface area contributed by atoms with Crippen molar-refractivity contribution in [3.05, 3.63) is 63.1 Å². The number of hydrogen-bond donors (Lipinski definition) is 1. The predicted octanol–water partition coefficient (Wildman–Crippen LogP) is 5.43. The van der Waals surface area contributed by atoms with Gasteiger partial charge in [-0.3, -0.25) is 0 Å². The minimum absolute atomic E-state index is 0.528. The summed E-state index contributed by atoms with van der Waals surface area (Å²) in [7, 11) is 0. The lowest BCUT2D eigenvalue weighted by Gasteiger charge is -2.11. The molecule has 0 saturated heterocycles. The van der Waals surface area contributed by atoms with Crippen LogP contribution in [0, 0.1) is 5.92 Å². The highest BCUT2D eigenvalue weighted by Crippen LogP contribution is 2.27. The Balaban J connectivity index is 1.90. The quantitative estimate of drug-likeness (QED) is 0.689. The minimum atomic E-state index is 0.528. The standard InChI is InChI=1S/C18H21BrClNO/c1-13(2)10-21-11-15-5-8-18(17(19)9-15)22-12-14-3-6-16(20)7-4-14/h3-9,13,21H,10-12H2,1-2H3. The van der Waals surface area contributed by atoms with Gasteiger partial charge < -0.3 is 10.1 Å². The van der Waals surface area contributed by atoms with Crippen molar-refractivity contribution in [2.45, 2.75) is 27.0 Å². The molecule has 0 bridgehead atoms. The Hall–Kier alpha value is -1.03. The maximum atomic E-state index is 5.88. The van der Waals surface area contributed by atoms with Gasteiger partial charge in [-0.15, -0.1) is 0 Å². The van der Waals surface area contributed by atoms with Gasteiger partial charge in [-0.25, -0.2) is 0 Å². The van der Waals surface area contributed by atoms with Gasteiger partial charge in [-0.2, -0.15) is 0 Å². The number of hydrogen-bond acceptors (Lipinski definition) is 2. The molecule has 0 amide bonds. The van der Waals surface area contributed by atoms with Crippen LogP contribution in [0.25, 0.3) is 0 Å². The van der Waals surface area contributed by atoms with Gasteiger partial charge in [0.05, 0.1) is 4.47 Å². The largest absolute Gasteiger partial charge is 0.488 e. The van der Waals surface area contributed by atoms with Crippen LogP contribution in [0.15, 0.2) is 46.9 Å². The summed E-state index contributed by atoms with van der Waals surface area (Å²) in [4.78, 5) is 0. The number of halogens is 2. The summed E-state index contributed by atoms with van der Waals surface area (Å²) in [5.41, 5.74) is 2.34. The third kappa shape index (κ3) is 5.64. The molecule has 0 fully saturated rings. The molecule has 0 heterocycles. The number of ether oxygens (including phenoxy) is 1. The average Bonchev–Trinajstić information content (AvgIpc) is 2.48. The number of benzene rings is 2. The van der Waals surface area contributed by atoms with Crippen molar-refractivity contribution in [2.24, 2.45) is 5.92 Å². The van der Waals surface area contributed by atoms with Gasteiger partial charge in [0.15, 0.2) is 0 Å². The lowest BCUT2D eigenvalue weighted by Crippen LogP contribution is -2.18. The Morgan fingerprint density at radius 2 is 1.77 bits per heavy atom. The molecular weight excluding hydrogens is 362 g/mol. The molecular formula is C18H21BrClNO. The van der Waals surface area contributed by atoms with Crippen LogP contribution in [0.5, 0.6) is 5.75 Å². The molecule has 0 radical (unpaired) electrons. The first-order chi connectivity index (χ1) is 10.5. The molecule has 2 nitrogen and oxygen atoms in total. The smallest absolute Gasteiger partial charge is 0.134 e. The Labute approximate surface area is 146 Å². The monoisotopic (exact) mass is 381 g/mol. The molecule has 0 atom stereocenters. The van der Waals surface area contributed by atoms with E-state index in [-0.39, 0.29) is 0 Å². The van der Waals surface area contributed by atoms with Gasteiger partial charge in [0.2, 0.25) is 0 Å². The Bertz CT molecular complexity index is 599. The van der Waals surface area contributed by atoms with Crippen LogP contribution >= 0.6 is 27.5 Å². The first-order valence-corrected chi connectivity index (χ1v) is 8.58. The van der Waals surface area contributed by atoms with E-state index in [0.717, 1.165) is 33.9 Å². The highest BCUT2D eigenvalue weighted by atomic mass is 79.9. The fourth-order valence-electron chi connectivity index (χ4n) is 2.02. The molecule has 118 valence electrons. The summed E-state index contributed by atoms with van der Waals surface area (Å²) < 4.78 is 6.83.